The Morgan fingerprint density at radius 2 is 0.581 bits per heavy atom. The van der Waals surface area contributed by atoms with Crippen molar-refractivity contribution in [2.45, 2.75) is 0 Å². The Hall–Kier alpha value is -11.5. The van der Waals surface area contributed by atoms with Crippen molar-refractivity contribution in [3.05, 3.63) is 315 Å². The summed E-state index contributed by atoms with van der Waals surface area (Å²) < 4.78 is 12.7. The summed E-state index contributed by atoms with van der Waals surface area (Å²) in [5.41, 5.74) is 21.5. The highest BCUT2D eigenvalue weighted by Crippen LogP contribution is 2.48. The van der Waals surface area contributed by atoms with Gasteiger partial charge in [-0.1, -0.05) is 224 Å². The van der Waals surface area contributed by atoms with E-state index in [1.165, 1.54) is 49.0 Å². The quantitative estimate of drug-likeness (QED) is 0.121. The average Bonchev–Trinajstić information content (AvgIpc) is 1.42. The zero-order valence-electron chi connectivity index (χ0n) is 46.7. The van der Waals surface area contributed by atoms with Crippen molar-refractivity contribution >= 4 is 110 Å². The summed E-state index contributed by atoms with van der Waals surface area (Å²) >= 11 is 0. The van der Waals surface area contributed by atoms with E-state index in [9.17, 15) is 0 Å². The summed E-state index contributed by atoms with van der Waals surface area (Å²) in [5, 5.41) is 11.8. The molecule has 17 aromatic rings. The number of hydrogen-bond acceptors (Lipinski definition) is 4. The van der Waals surface area contributed by atoms with Gasteiger partial charge < -0.3 is 18.6 Å². The van der Waals surface area contributed by atoms with E-state index in [2.05, 4.69) is 301 Å². The van der Waals surface area contributed by atoms with Crippen LogP contribution in [0.1, 0.15) is 0 Å². The number of rotatable bonds is 11. The molecule has 0 aliphatic heterocycles. The van der Waals surface area contributed by atoms with Crippen LogP contribution in [-0.4, -0.2) is 0 Å². The first-order valence-corrected chi connectivity index (χ1v) is 29.4. The number of para-hydroxylation sites is 3. The van der Waals surface area contributed by atoms with E-state index >= 15 is 0 Å². The number of fused-ring (bicyclic) bond motifs is 6. The number of hydrogen-bond donors (Lipinski definition) is 0. The molecule has 0 aliphatic carbocycles. The lowest BCUT2D eigenvalue weighted by Crippen LogP contribution is -2.11. The van der Waals surface area contributed by atoms with Crippen LogP contribution in [0.5, 0.6) is 0 Å². The van der Waals surface area contributed by atoms with Crippen LogP contribution < -0.4 is 9.80 Å². The molecular weight excluding hydrogens is 1040 g/mol. The summed E-state index contributed by atoms with van der Waals surface area (Å²) in [6, 6.07) is 114. The van der Waals surface area contributed by atoms with Crippen molar-refractivity contribution in [3.63, 3.8) is 0 Å². The molecule has 0 unspecified atom stereocenters. The van der Waals surface area contributed by atoms with Crippen molar-refractivity contribution in [2.24, 2.45) is 0 Å². The Kier molecular flexibility index (Phi) is 11.5. The van der Waals surface area contributed by atoms with E-state index in [1.54, 1.807) is 0 Å². The second kappa shape index (κ2) is 20.2. The molecule has 15 aromatic carbocycles. The van der Waals surface area contributed by atoms with Gasteiger partial charge in [-0.25, -0.2) is 0 Å². The van der Waals surface area contributed by atoms with Crippen LogP contribution in [0.3, 0.4) is 0 Å². The van der Waals surface area contributed by atoms with Crippen LogP contribution in [0.25, 0.3) is 132 Å². The van der Waals surface area contributed by atoms with E-state index in [0.717, 1.165) is 117 Å². The van der Waals surface area contributed by atoms with Crippen molar-refractivity contribution < 1.29 is 8.83 Å². The molecule has 0 saturated heterocycles. The molecule has 0 aliphatic rings. The molecule has 0 N–H and O–H groups in total. The SMILES string of the molecule is c1ccc(-c2ccc(N(c3ccc(-c4ccc5ccc6c(-c7ccc(N(c8ccc9oc%10ccccc%10c9c8)c8ccccc8-c8ccccc8)cc7)ccc7ccc4c5c76)cc3)c3ccc4oc5ccccc5c4c3)c(-c3ccccc3)c2)cc1. The summed E-state index contributed by atoms with van der Waals surface area (Å²) in [4.78, 5) is 4.79. The van der Waals surface area contributed by atoms with Gasteiger partial charge in [0.15, 0.2) is 0 Å². The maximum absolute atomic E-state index is 6.38. The lowest BCUT2D eigenvalue weighted by Gasteiger charge is -2.29. The van der Waals surface area contributed by atoms with E-state index in [4.69, 9.17) is 8.83 Å². The van der Waals surface area contributed by atoms with Gasteiger partial charge in [0, 0.05) is 55.4 Å². The van der Waals surface area contributed by atoms with Gasteiger partial charge >= 0.3 is 0 Å². The maximum atomic E-state index is 6.38. The molecule has 0 fully saturated rings. The molecule has 0 saturated carbocycles. The molecule has 4 nitrogen and oxygen atoms in total. The Balaban J connectivity index is 0.768. The van der Waals surface area contributed by atoms with Crippen molar-refractivity contribution in [1.29, 1.82) is 0 Å². The molecule has 86 heavy (non-hydrogen) atoms. The van der Waals surface area contributed by atoms with Crippen LogP contribution >= 0.6 is 0 Å². The standard InChI is InChI=1S/C82H52N2O2/c1-4-16-53(17-5-1)60-36-47-76(72(50-60)55-20-8-3-9-21-55)84(64-42-49-80-74(52-64)69-24-12-15-27-78(69)86-80)62-39-30-57(31-40-62)66-44-33-59-34-45-70-65(43-32-58-35-46-71(66)82(59)81(58)70)56-28-37-61(38-29-56)83(75-25-13-10-22-67(75)54-18-6-2-7-19-54)63-41-48-79-73(51-63)68-23-11-14-26-77(68)85-79/h1-52H. The van der Waals surface area contributed by atoms with Gasteiger partial charge in [-0.15, -0.1) is 0 Å². The molecule has 402 valence electrons. The summed E-state index contributed by atoms with van der Waals surface area (Å²) in [7, 11) is 0. The topological polar surface area (TPSA) is 32.8 Å². The van der Waals surface area contributed by atoms with Gasteiger partial charge in [0.1, 0.15) is 22.3 Å². The fourth-order valence-electron chi connectivity index (χ4n) is 13.4. The normalized spacial score (nSPS) is 11.7. The first-order chi connectivity index (χ1) is 42.6. The number of benzene rings is 15. The second-order valence-electron chi connectivity index (χ2n) is 22.3. The first kappa shape index (κ1) is 49.2. The zero-order valence-corrected chi connectivity index (χ0v) is 46.7. The van der Waals surface area contributed by atoms with Crippen LogP contribution in [0, 0.1) is 0 Å². The fraction of sp³-hybridized carbons (Fsp3) is 0. The van der Waals surface area contributed by atoms with Gasteiger partial charge in [-0.05, 0) is 168 Å². The number of anilines is 6. The van der Waals surface area contributed by atoms with Gasteiger partial charge in [0.05, 0.1) is 11.4 Å². The molecule has 0 amide bonds. The molecular formula is C82H52N2O2. The van der Waals surface area contributed by atoms with E-state index < -0.39 is 0 Å². The lowest BCUT2D eigenvalue weighted by molar-refractivity contribution is 0.668. The van der Waals surface area contributed by atoms with Gasteiger partial charge in [0.25, 0.3) is 0 Å². The zero-order chi connectivity index (χ0) is 56.7. The van der Waals surface area contributed by atoms with Crippen LogP contribution in [-0.2, 0) is 0 Å². The highest BCUT2D eigenvalue weighted by Gasteiger charge is 2.23. The Morgan fingerprint density at radius 3 is 1.10 bits per heavy atom. The monoisotopic (exact) mass is 1100 g/mol. The van der Waals surface area contributed by atoms with Gasteiger partial charge in [-0.2, -0.15) is 0 Å². The predicted octanol–water partition coefficient (Wildman–Crippen LogP) is 23.7. The summed E-state index contributed by atoms with van der Waals surface area (Å²) in [5.74, 6) is 0. The number of nitrogens with zero attached hydrogens (tertiary/aromatic N) is 2. The Bertz CT molecular complexity index is 5400. The van der Waals surface area contributed by atoms with Gasteiger partial charge in [-0.3, -0.25) is 0 Å². The first-order valence-electron chi connectivity index (χ1n) is 29.4. The molecule has 0 spiro atoms. The third-order valence-electron chi connectivity index (χ3n) is 17.4. The molecule has 17 rings (SSSR count). The van der Waals surface area contributed by atoms with Crippen LogP contribution in [0.4, 0.5) is 34.1 Å². The Labute approximate surface area is 497 Å². The molecule has 2 aromatic heterocycles. The number of furan rings is 2. The van der Waals surface area contributed by atoms with Crippen LogP contribution in [0.2, 0.25) is 0 Å². The molecule has 2 heterocycles. The predicted molar refractivity (Wildman–Crippen MR) is 361 cm³/mol. The maximum Gasteiger partial charge on any atom is 0.135 e. The third-order valence-corrected chi connectivity index (χ3v) is 17.4. The van der Waals surface area contributed by atoms with E-state index in [1.807, 2.05) is 24.3 Å². The minimum Gasteiger partial charge on any atom is -0.456 e. The smallest absolute Gasteiger partial charge is 0.135 e. The van der Waals surface area contributed by atoms with Crippen molar-refractivity contribution in [2.75, 3.05) is 9.80 Å². The second-order valence-corrected chi connectivity index (χ2v) is 22.3. The van der Waals surface area contributed by atoms with Crippen molar-refractivity contribution in [3.8, 4) is 55.6 Å². The molecule has 0 radical (unpaired) electrons. The lowest BCUT2D eigenvalue weighted by atomic mass is 9.87. The molecule has 0 bridgehead atoms. The minimum absolute atomic E-state index is 0.866. The Morgan fingerprint density at radius 1 is 0.198 bits per heavy atom. The van der Waals surface area contributed by atoms with E-state index in [0.29, 0.717) is 0 Å². The fourth-order valence-corrected chi connectivity index (χ4v) is 13.4. The van der Waals surface area contributed by atoms with Gasteiger partial charge in [0.2, 0.25) is 0 Å². The summed E-state index contributed by atoms with van der Waals surface area (Å²) in [6.45, 7) is 0. The summed E-state index contributed by atoms with van der Waals surface area (Å²) in [6.07, 6.45) is 0. The minimum atomic E-state index is 0.866. The third kappa shape index (κ3) is 8.22. The van der Waals surface area contributed by atoms with Crippen molar-refractivity contribution in [1.82, 2.24) is 0 Å². The highest BCUT2D eigenvalue weighted by atomic mass is 16.3. The molecule has 4 heteroatoms. The molecule has 0 atom stereocenters. The van der Waals surface area contributed by atoms with E-state index in [-0.39, 0.29) is 0 Å². The average molecular weight is 1100 g/mol. The van der Waals surface area contributed by atoms with Crippen LogP contribution in [0.15, 0.2) is 324 Å². The largest absolute Gasteiger partial charge is 0.456 e. The highest BCUT2D eigenvalue weighted by molar-refractivity contribution is 6.27.